The van der Waals surface area contributed by atoms with Crippen LogP contribution in [0.4, 0.5) is 22.7 Å². The van der Waals surface area contributed by atoms with Crippen LogP contribution in [0.3, 0.4) is 0 Å². The normalized spacial score (nSPS) is 19.9. The van der Waals surface area contributed by atoms with Crippen molar-refractivity contribution in [2.45, 2.75) is 44.6 Å². The Labute approximate surface area is 199 Å². The van der Waals surface area contributed by atoms with Crippen LogP contribution in [0.1, 0.15) is 36.8 Å². The molecular weight excluding hydrogens is 422 g/mol. The molecule has 1 fully saturated rings. The van der Waals surface area contributed by atoms with E-state index in [1.807, 2.05) is 6.08 Å². The minimum Gasteiger partial charge on any atom is -0.364 e. The maximum Gasteiger partial charge on any atom is 0.253 e. The second-order valence-electron chi connectivity index (χ2n) is 9.52. The maximum atomic E-state index is 12.7. The zero-order valence-corrected chi connectivity index (χ0v) is 19.3. The molecule has 5 heteroatoms. The van der Waals surface area contributed by atoms with Crippen molar-refractivity contribution in [3.05, 3.63) is 104 Å². The minimum absolute atomic E-state index is 0.222. The van der Waals surface area contributed by atoms with Crippen LogP contribution < -0.4 is 26.0 Å². The first-order valence-electron chi connectivity index (χ1n) is 12.4. The van der Waals surface area contributed by atoms with Gasteiger partial charge >= 0.3 is 0 Å². The molecule has 0 radical (unpaired) electrons. The first-order valence-corrected chi connectivity index (χ1v) is 12.4. The fourth-order valence-corrected chi connectivity index (χ4v) is 5.72. The van der Waals surface area contributed by atoms with E-state index in [4.69, 9.17) is 0 Å². The molecule has 0 amide bonds. The first kappa shape index (κ1) is 21.0. The molecule has 172 valence electrons. The van der Waals surface area contributed by atoms with Gasteiger partial charge in [0.2, 0.25) is 0 Å². The van der Waals surface area contributed by atoms with Crippen LogP contribution in [0.25, 0.3) is 0 Å². The van der Waals surface area contributed by atoms with Crippen molar-refractivity contribution in [1.82, 2.24) is 0 Å². The van der Waals surface area contributed by atoms with Crippen LogP contribution in [0.5, 0.6) is 0 Å². The van der Waals surface area contributed by atoms with Crippen LogP contribution in [0, 0.1) is 0 Å². The number of rotatable bonds is 4. The number of allylic oxidation sites excluding steroid dienone is 3. The van der Waals surface area contributed by atoms with E-state index in [2.05, 4.69) is 75.8 Å². The fraction of sp³-hybridized carbons (Fsp3) is 0.310. The number of aryl methyl sites for hydroxylation is 2. The van der Waals surface area contributed by atoms with E-state index in [1.165, 1.54) is 22.5 Å². The largest absolute Gasteiger partial charge is 0.364 e. The van der Waals surface area contributed by atoms with Gasteiger partial charge in [-0.1, -0.05) is 48.6 Å². The maximum absolute atomic E-state index is 12.7. The van der Waals surface area contributed by atoms with Gasteiger partial charge < -0.3 is 15.1 Å². The summed E-state index contributed by atoms with van der Waals surface area (Å²) in [5.41, 5.74) is 6.42. The Hall–Kier alpha value is -3.60. The number of anilines is 4. The van der Waals surface area contributed by atoms with Gasteiger partial charge in [0.1, 0.15) is 11.4 Å². The molecule has 5 nitrogen and oxygen atoms in total. The van der Waals surface area contributed by atoms with Gasteiger partial charge in [-0.3, -0.25) is 9.59 Å². The number of hydrogen-bond donors (Lipinski definition) is 1. The third-order valence-corrected chi connectivity index (χ3v) is 7.39. The van der Waals surface area contributed by atoms with E-state index in [0.29, 0.717) is 11.4 Å². The number of nitrogens with one attached hydrogen (secondary N) is 1. The lowest BCUT2D eigenvalue weighted by molar-refractivity contribution is 0.497. The Morgan fingerprint density at radius 3 is 2.24 bits per heavy atom. The van der Waals surface area contributed by atoms with Crippen LogP contribution >= 0.6 is 0 Å². The van der Waals surface area contributed by atoms with Crippen molar-refractivity contribution in [3.8, 4) is 0 Å². The quantitative estimate of drug-likeness (QED) is 0.576. The molecule has 2 aliphatic heterocycles. The van der Waals surface area contributed by atoms with Gasteiger partial charge in [-0.15, -0.1) is 0 Å². The van der Waals surface area contributed by atoms with E-state index >= 15 is 0 Å². The predicted octanol–water partition coefficient (Wildman–Crippen LogP) is 4.83. The number of benzene rings is 2. The minimum atomic E-state index is -0.400. The zero-order chi connectivity index (χ0) is 23.1. The number of fused-ring (bicyclic) bond motifs is 2. The van der Waals surface area contributed by atoms with Crippen molar-refractivity contribution in [2.75, 3.05) is 28.2 Å². The third-order valence-electron chi connectivity index (χ3n) is 7.39. The van der Waals surface area contributed by atoms with Crippen molar-refractivity contribution >= 4 is 22.7 Å². The Bertz CT molecular complexity index is 1310. The molecule has 1 unspecified atom stereocenters. The summed E-state index contributed by atoms with van der Waals surface area (Å²) in [4.78, 5) is 29.8. The fourth-order valence-electron chi connectivity index (χ4n) is 5.72. The molecule has 3 aliphatic rings. The van der Waals surface area contributed by atoms with Crippen LogP contribution in [-0.2, 0) is 12.8 Å². The Morgan fingerprint density at radius 1 is 0.853 bits per heavy atom. The van der Waals surface area contributed by atoms with E-state index in [0.717, 1.165) is 57.3 Å². The number of para-hydroxylation sites is 2. The Balaban J connectivity index is 1.34. The molecule has 0 spiro atoms. The highest BCUT2D eigenvalue weighted by Crippen LogP contribution is 2.40. The van der Waals surface area contributed by atoms with Gasteiger partial charge in [0.15, 0.2) is 0 Å². The summed E-state index contributed by atoms with van der Waals surface area (Å²) in [5, 5.41) is 3.25. The monoisotopic (exact) mass is 451 g/mol. The number of piperidine rings is 1. The third kappa shape index (κ3) is 3.56. The summed E-state index contributed by atoms with van der Waals surface area (Å²) in [6.07, 6.45) is 12.2. The molecular formula is C29H29N3O2. The lowest BCUT2D eigenvalue weighted by atomic mass is 9.99. The predicted molar refractivity (Wildman–Crippen MR) is 139 cm³/mol. The van der Waals surface area contributed by atoms with E-state index in [-0.39, 0.29) is 11.5 Å². The standard InChI is InChI=1S/C29H29N3O2/c33-28-26(30-22-11-2-1-3-12-22)27(29(28)34)31-18-8-13-23(19-31)32-24-14-6-4-9-20(24)16-17-21-10-5-7-15-25(21)32/h2,4-7,9-12,14-15,23,30H,1,3,8,13,16-19H2. The molecule has 1 aliphatic carbocycles. The number of hydrogen-bond acceptors (Lipinski definition) is 5. The summed E-state index contributed by atoms with van der Waals surface area (Å²) in [7, 11) is 0. The molecule has 0 bridgehead atoms. The van der Waals surface area contributed by atoms with Gasteiger partial charge in [-0.25, -0.2) is 0 Å². The van der Waals surface area contributed by atoms with Crippen molar-refractivity contribution in [3.63, 3.8) is 0 Å². The summed E-state index contributed by atoms with van der Waals surface area (Å²) >= 11 is 0. The van der Waals surface area contributed by atoms with Crippen molar-refractivity contribution in [1.29, 1.82) is 0 Å². The molecule has 0 saturated carbocycles. The smallest absolute Gasteiger partial charge is 0.253 e. The highest BCUT2D eigenvalue weighted by Gasteiger charge is 2.34. The highest BCUT2D eigenvalue weighted by molar-refractivity contribution is 5.78. The molecule has 34 heavy (non-hydrogen) atoms. The van der Waals surface area contributed by atoms with Crippen molar-refractivity contribution in [2.24, 2.45) is 0 Å². The van der Waals surface area contributed by atoms with Gasteiger partial charge in [0, 0.05) is 30.2 Å². The number of nitrogens with zero attached hydrogens (tertiary/aromatic N) is 2. The van der Waals surface area contributed by atoms with E-state index in [1.54, 1.807) is 0 Å². The molecule has 1 saturated heterocycles. The molecule has 1 N–H and O–H groups in total. The van der Waals surface area contributed by atoms with Crippen molar-refractivity contribution < 1.29 is 0 Å². The molecule has 3 aromatic rings. The van der Waals surface area contributed by atoms with Gasteiger partial charge in [-0.05, 0) is 67.9 Å². The summed E-state index contributed by atoms with van der Waals surface area (Å²) in [6.45, 7) is 1.51. The topological polar surface area (TPSA) is 52.7 Å². The van der Waals surface area contributed by atoms with Crippen LogP contribution in [0.2, 0.25) is 0 Å². The SMILES string of the molecule is O=c1c(NC2=CCCC=C2)c(N2CCCC(N3c4ccccc4CCc4ccccc43)C2)c1=O. The van der Waals surface area contributed by atoms with Gasteiger partial charge in [-0.2, -0.15) is 0 Å². The van der Waals surface area contributed by atoms with Gasteiger partial charge in [0.05, 0.1) is 6.04 Å². The summed E-state index contributed by atoms with van der Waals surface area (Å²) < 4.78 is 0. The first-order chi connectivity index (χ1) is 16.7. The molecule has 2 heterocycles. The van der Waals surface area contributed by atoms with Crippen LogP contribution in [0.15, 0.2) is 82.0 Å². The summed E-state index contributed by atoms with van der Waals surface area (Å²) in [5.74, 6) is 0. The Kier molecular flexibility index (Phi) is 5.33. The lowest BCUT2D eigenvalue weighted by Crippen LogP contribution is -2.51. The molecule has 6 rings (SSSR count). The Morgan fingerprint density at radius 2 is 1.56 bits per heavy atom. The highest BCUT2D eigenvalue weighted by atomic mass is 16.2. The average molecular weight is 452 g/mol. The zero-order valence-electron chi connectivity index (χ0n) is 19.3. The molecule has 1 atom stereocenters. The second kappa shape index (κ2) is 8.64. The molecule has 0 aromatic heterocycles. The van der Waals surface area contributed by atoms with Crippen LogP contribution in [-0.4, -0.2) is 19.1 Å². The summed E-state index contributed by atoms with van der Waals surface area (Å²) in [6, 6.07) is 17.6. The lowest BCUT2D eigenvalue weighted by Gasteiger charge is -2.42. The van der Waals surface area contributed by atoms with Gasteiger partial charge in [0.25, 0.3) is 10.9 Å². The van der Waals surface area contributed by atoms with E-state index in [9.17, 15) is 9.59 Å². The second-order valence-corrected chi connectivity index (χ2v) is 9.52. The van der Waals surface area contributed by atoms with E-state index < -0.39 is 5.43 Å². The average Bonchev–Trinajstić information content (AvgIpc) is 3.06. The molecule has 3 aromatic carbocycles.